The summed E-state index contributed by atoms with van der Waals surface area (Å²) < 4.78 is 32.4. The highest BCUT2D eigenvalue weighted by Gasteiger charge is 2.32. The molecule has 11 heteroatoms. The highest BCUT2D eigenvalue weighted by atomic mass is 19.1. The van der Waals surface area contributed by atoms with E-state index < -0.39 is 12.3 Å². The molecule has 2 aliphatic rings. The third-order valence-corrected chi connectivity index (χ3v) is 7.85. The fourth-order valence-electron chi connectivity index (χ4n) is 5.79. The van der Waals surface area contributed by atoms with Crippen molar-refractivity contribution in [3.05, 3.63) is 42.7 Å². The summed E-state index contributed by atoms with van der Waals surface area (Å²) in [4.78, 5) is 23.4. The number of benzene rings is 2. The van der Waals surface area contributed by atoms with E-state index in [1.807, 2.05) is 55.3 Å². The van der Waals surface area contributed by atoms with Crippen LogP contribution in [-0.4, -0.2) is 86.1 Å². The minimum absolute atomic E-state index is 0.0775. The molecule has 2 fully saturated rings. The lowest BCUT2D eigenvalue weighted by Gasteiger charge is -2.40. The molecule has 2 aromatic carbocycles. The summed E-state index contributed by atoms with van der Waals surface area (Å²) in [7, 11) is 1.59. The number of piperidine rings is 1. The van der Waals surface area contributed by atoms with Crippen molar-refractivity contribution in [3.63, 3.8) is 0 Å². The van der Waals surface area contributed by atoms with Crippen molar-refractivity contribution in [2.75, 3.05) is 56.3 Å². The normalized spacial score (nSPS) is 19.4. The molecule has 0 spiro atoms. The van der Waals surface area contributed by atoms with Crippen molar-refractivity contribution in [1.82, 2.24) is 20.3 Å². The van der Waals surface area contributed by atoms with Gasteiger partial charge in [-0.15, -0.1) is 0 Å². The quantitative estimate of drug-likeness (QED) is 0.335. The summed E-state index contributed by atoms with van der Waals surface area (Å²) in [5.41, 5.74) is 1.48. The minimum atomic E-state index is -1.13. The van der Waals surface area contributed by atoms with Crippen molar-refractivity contribution in [2.24, 2.45) is 5.92 Å². The number of fused-ring (bicyclic) bond motifs is 1. The fraction of sp³-hybridized carbons (Fsp3) is 0.516. The van der Waals surface area contributed by atoms with Crippen LogP contribution >= 0.6 is 0 Å². The predicted octanol–water partition coefficient (Wildman–Crippen LogP) is 4.23. The van der Waals surface area contributed by atoms with Crippen molar-refractivity contribution in [3.8, 4) is 17.2 Å². The molecule has 3 unspecified atom stereocenters. The number of anilines is 2. The number of hydrogen-bond donors (Lipinski definition) is 1. The molecule has 226 valence electrons. The van der Waals surface area contributed by atoms with Gasteiger partial charge in [0.2, 0.25) is 6.41 Å². The topological polar surface area (TPSA) is 92.3 Å². The molecular formula is C31H41FN6O4. The van der Waals surface area contributed by atoms with Gasteiger partial charge >= 0.3 is 0 Å². The maximum Gasteiger partial charge on any atom is 0.228 e. The highest BCUT2D eigenvalue weighted by molar-refractivity contribution is 5.92. The zero-order valence-corrected chi connectivity index (χ0v) is 24.8. The van der Waals surface area contributed by atoms with Gasteiger partial charge in [-0.05, 0) is 70.5 Å². The van der Waals surface area contributed by atoms with Crippen molar-refractivity contribution in [2.45, 2.75) is 52.0 Å². The second-order valence-electron chi connectivity index (χ2n) is 11.1. The van der Waals surface area contributed by atoms with E-state index in [1.54, 1.807) is 25.4 Å². The first kappa shape index (κ1) is 29.8. The molecule has 2 saturated heterocycles. The Hall–Kier alpha value is -3.70. The Bertz CT molecular complexity index is 1330. The van der Waals surface area contributed by atoms with Gasteiger partial charge in [0.15, 0.2) is 11.5 Å². The van der Waals surface area contributed by atoms with Gasteiger partial charge in [0.05, 0.1) is 24.4 Å². The Labute approximate surface area is 246 Å². The van der Waals surface area contributed by atoms with Gasteiger partial charge < -0.3 is 24.4 Å². The van der Waals surface area contributed by atoms with Gasteiger partial charge in [-0.1, -0.05) is 0 Å². The molecule has 1 aromatic heterocycles. The van der Waals surface area contributed by atoms with Crippen LogP contribution in [0.25, 0.3) is 10.9 Å². The van der Waals surface area contributed by atoms with Crippen LogP contribution in [0.15, 0.2) is 42.7 Å². The van der Waals surface area contributed by atoms with Gasteiger partial charge in [0.1, 0.15) is 30.2 Å². The molecule has 5 rings (SSSR count). The van der Waals surface area contributed by atoms with Crippen LogP contribution in [-0.2, 0) is 4.79 Å². The smallest absolute Gasteiger partial charge is 0.228 e. The van der Waals surface area contributed by atoms with E-state index in [0.29, 0.717) is 43.2 Å². The predicted molar refractivity (Wildman–Crippen MR) is 161 cm³/mol. The van der Waals surface area contributed by atoms with Gasteiger partial charge in [-0.25, -0.2) is 24.4 Å². The summed E-state index contributed by atoms with van der Waals surface area (Å²) in [5, 5.41) is 7.85. The standard InChI is InChI=1S/C31H41FN6O4/c1-21(2)41-25-9-7-24(8-10-25)38(20-39)37-14-12-36(13-15-37)31-26-16-28(40-4)29(17-27(26)34-19-35-31)42-30(22(3)32)23-6-5-11-33-18-23/h7-10,16-17,19-23,30,33H,5-6,11-15,18H2,1-4H3. The number of halogens is 1. The Balaban J connectivity index is 1.32. The zero-order chi connectivity index (χ0) is 29.6. The van der Waals surface area contributed by atoms with Crippen molar-refractivity contribution < 1.29 is 23.4 Å². The fourth-order valence-corrected chi connectivity index (χ4v) is 5.79. The lowest BCUT2D eigenvalue weighted by molar-refractivity contribution is -0.110. The second kappa shape index (κ2) is 13.5. The number of hydrogen-bond acceptors (Lipinski definition) is 9. The molecule has 2 aliphatic heterocycles. The van der Waals surface area contributed by atoms with Crippen LogP contribution < -0.4 is 29.4 Å². The maximum absolute atomic E-state index is 14.7. The Morgan fingerprint density at radius 1 is 1.05 bits per heavy atom. The number of carbonyl (C=O) groups is 1. The molecule has 42 heavy (non-hydrogen) atoms. The van der Waals surface area contributed by atoms with Crippen LogP contribution in [0, 0.1) is 5.92 Å². The number of carbonyl (C=O) groups excluding carboxylic acids is 1. The van der Waals surface area contributed by atoms with Crippen molar-refractivity contribution in [1.29, 1.82) is 0 Å². The molecule has 0 aliphatic carbocycles. The van der Waals surface area contributed by atoms with Gasteiger partial charge in [0.25, 0.3) is 0 Å². The molecular weight excluding hydrogens is 539 g/mol. The molecule has 1 N–H and O–H groups in total. The van der Waals surface area contributed by atoms with E-state index in [1.165, 1.54) is 0 Å². The third-order valence-electron chi connectivity index (χ3n) is 7.85. The number of hydrazine groups is 1. The van der Waals surface area contributed by atoms with Crippen LogP contribution in [0.1, 0.15) is 33.6 Å². The molecule has 0 bridgehead atoms. The Morgan fingerprint density at radius 3 is 2.43 bits per heavy atom. The number of methoxy groups -OCH3 is 1. The summed E-state index contributed by atoms with van der Waals surface area (Å²) >= 11 is 0. The Morgan fingerprint density at radius 2 is 1.81 bits per heavy atom. The van der Waals surface area contributed by atoms with Crippen molar-refractivity contribution >= 4 is 28.8 Å². The Kier molecular flexibility index (Phi) is 9.58. The first-order valence-corrected chi connectivity index (χ1v) is 14.7. The zero-order valence-electron chi connectivity index (χ0n) is 24.8. The first-order chi connectivity index (χ1) is 20.4. The van der Waals surface area contributed by atoms with E-state index in [4.69, 9.17) is 14.2 Å². The van der Waals surface area contributed by atoms with E-state index in [0.717, 1.165) is 55.0 Å². The van der Waals surface area contributed by atoms with Gasteiger partial charge in [-0.3, -0.25) is 4.79 Å². The monoisotopic (exact) mass is 580 g/mol. The van der Waals surface area contributed by atoms with Crippen LogP contribution in [0.2, 0.25) is 0 Å². The summed E-state index contributed by atoms with van der Waals surface area (Å²) in [6.07, 6.45) is 2.66. The number of amides is 1. The van der Waals surface area contributed by atoms with E-state index in [9.17, 15) is 9.18 Å². The second-order valence-corrected chi connectivity index (χ2v) is 11.1. The first-order valence-electron chi connectivity index (χ1n) is 14.7. The average Bonchev–Trinajstić information content (AvgIpc) is 3.00. The number of ether oxygens (including phenoxy) is 3. The summed E-state index contributed by atoms with van der Waals surface area (Å²) in [6.45, 7) is 9.74. The minimum Gasteiger partial charge on any atom is -0.493 e. The molecule has 1 amide bonds. The number of nitrogens with one attached hydrogen (secondary N) is 1. The molecule has 3 aromatic rings. The van der Waals surface area contributed by atoms with Crippen LogP contribution in [0.5, 0.6) is 17.2 Å². The maximum atomic E-state index is 14.7. The van der Waals surface area contributed by atoms with E-state index >= 15 is 0 Å². The lowest BCUT2D eigenvalue weighted by atomic mass is 9.91. The number of aromatic nitrogens is 2. The molecule has 3 atom stereocenters. The molecule has 3 heterocycles. The summed E-state index contributed by atoms with van der Waals surface area (Å²) in [5.74, 6) is 2.62. The molecule has 0 radical (unpaired) electrons. The van der Waals surface area contributed by atoms with E-state index in [2.05, 4.69) is 20.2 Å². The number of alkyl halides is 1. The highest BCUT2D eigenvalue weighted by Crippen LogP contribution is 2.37. The average molecular weight is 581 g/mol. The number of piperazine rings is 1. The van der Waals surface area contributed by atoms with Gasteiger partial charge in [0, 0.05) is 50.1 Å². The van der Waals surface area contributed by atoms with Gasteiger partial charge in [-0.2, -0.15) is 0 Å². The SMILES string of the molecule is COc1cc2c(N3CCN(N(C=O)c4ccc(OC(C)C)cc4)CC3)ncnc2cc1OC(C(C)F)C1CCCNC1. The number of nitrogens with zero attached hydrogens (tertiary/aromatic N) is 5. The third kappa shape index (κ3) is 6.68. The number of rotatable bonds is 11. The van der Waals surface area contributed by atoms with E-state index in [-0.39, 0.29) is 12.0 Å². The van der Waals surface area contributed by atoms with Crippen LogP contribution in [0.3, 0.4) is 0 Å². The van der Waals surface area contributed by atoms with Crippen LogP contribution in [0.4, 0.5) is 15.9 Å². The molecule has 10 nitrogen and oxygen atoms in total. The summed E-state index contributed by atoms with van der Waals surface area (Å²) in [6, 6.07) is 11.2. The lowest BCUT2D eigenvalue weighted by Crippen LogP contribution is -2.54. The molecule has 0 saturated carbocycles. The largest absolute Gasteiger partial charge is 0.493 e.